The SMILES string of the molecule is Cc1ccc(-c2ccc(N)c(NC(=O)N3Cc4ccncc4C3)c2)cc1. The summed E-state index contributed by atoms with van der Waals surface area (Å²) >= 11 is 0. The molecule has 130 valence electrons. The topological polar surface area (TPSA) is 71.2 Å². The highest BCUT2D eigenvalue weighted by atomic mass is 16.2. The molecular formula is C21H20N4O. The molecule has 0 atom stereocenters. The maximum absolute atomic E-state index is 12.7. The molecule has 2 aromatic carbocycles. The number of hydrogen-bond donors (Lipinski definition) is 2. The number of amides is 2. The predicted octanol–water partition coefficient (Wildman–Crippen LogP) is 4.19. The van der Waals surface area contributed by atoms with Crippen LogP contribution in [0.4, 0.5) is 16.2 Å². The first-order chi connectivity index (χ1) is 12.6. The highest BCUT2D eigenvalue weighted by Gasteiger charge is 2.23. The molecule has 5 heteroatoms. The summed E-state index contributed by atoms with van der Waals surface area (Å²) in [7, 11) is 0. The summed E-state index contributed by atoms with van der Waals surface area (Å²) < 4.78 is 0. The lowest BCUT2D eigenvalue weighted by Crippen LogP contribution is -2.30. The lowest BCUT2D eigenvalue weighted by atomic mass is 10.0. The second-order valence-electron chi connectivity index (χ2n) is 6.60. The minimum Gasteiger partial charge on any atom is -0.397 e. The number of fused-ring (bicyclic) bond motifs is 1. The molecule has 3 aromatic rings. The van der Waals surface area contributed by atoms with E-state index in [4.69, 9.17) is 5.73 Å². The monoisotopic (exact) mass is 344 g/mol. The fourth-order valence-electron chi connectivity index (χ4n) is 3.15. The van der Waals surface area contributed by atoms with Crippen molar-refractivity contribution < 1.29 is 4.79 Å². The quantitative estimate of drug-likeness (QED) is 0.685. The summed E-state index contributed by atoms with van der Waals surface area (Å²) in [5.74, 6) is 0. The minimum absolute atomic E-state index is 0.158. The molecule has 0 unspecified atom stereocenters. The lowest BCUT2D eigenvalue weighted by Gasteiger charge is -2.18. The molecule has 0 radical (unpaired) electrons. The Bertz CT molecular complexity index is 941. The smallest absolute Gasteiger partial charge is 0.322 e. The second-order valence-corrected chi connectivity index (χ2v) is 6.60. The van der Waals surface area contributed by atoms with Gasteiger partial charge in [0.15, 0.2) is 0 Å². The summed E-state index contributed by atoms with van der Waals surface area (Å²) in [4.78, 5) is 18.5. The zero-order valence-corrected chi connectivity index (χ0v) is 14.6. The van der Waals surface area contributed by atoms with Crippen LogP contribution in [-0.4, -0.2) is 15.9 Å². The number of urea groups is 1. The molecule has 0 bridgehead atoms. The number of anilines is 2. The predicted molar refractivity (Wildman–Crippen MR) is 104 cm³/mol. The van der Waals surface area contributed by atoms with E-state index in [2.05, 4.69) is 41.5 Å². The van der Waals surface area contributed by atoms with Crippen molar-refractivity contribution in [1.82, 2.24) is 9.88 Å². The van der Waals surface area contributed by atoms with E-state index in [1.54, 1.807) is 11.1 Å². The van der Waals surface area contributed by atoms with Gasteiger partial charge >= 0.3 is 6.03 Å². The highest BCUT2D eigenvalue weighted by molar-refractivity contribution is 5.94. The number of nitrogens with zero attached hydrogens (tertiary/aromatic N) is 2. The van der Waals surface area contributed by atoms with Crippen LogP contribution in [0.15, 0.2) is 60.9 Å². The van der Waals surface area contributed by atoms with Crippen molar-refractivity contribution in [2.24, 2.45) is 0 Å². The van der Waals surface area contributed by atoms with E-state index in [9.17, 15) is 4.79 Å². The van der Waals surface area contributed by atoms with E-state index in [0.29, 0.717) is 24.5 Å². The molecule has 0 aliphatic carbocycles. The molecule has 26 heavy (non-hydrogen) atoms. The van der Waals surface area contributed by atoms with E-state index in [-0.39, 0.29) is 6.03 Å². The number of carbonyl (C=O) groups is 1. The molecule has 0 fully saturated rings. The van der Waals surface area contributed by atoms with Crippen molar-refractivity contribution in [3.05, 3.63) is 77.6 Å². The van der Waals surface area contributed by atoms with Crippen molar-refractivity contribution in [1.29, 1.82) is 0 Å². The molecule has 3 N–H and O–H groups in total. The van der Waals surface area contributed by atoms with Crippen molar-refractivity contribution in [3.8, 4) is 11.1 Å². The zero-order chi connectivity index (χ0) is 18.1. The van der Waals surface area contributed by atoms with Crippen molar-refractivity contribution in [2.45, 2.75) is 20.0 Å². The summed E-state index contributed by atoms with van der Waals surface area (Å²) in [5, 5.41) is 2.95. The first-order valence-corrected chi connectivity index (χ1v) is 8.54. The molecule has 2 amide bonds. The number of hydrogen-bond acceptors (Lipinski definition) is 3. The molecule has 0 spiro atoms. The van der Waals surface area contributed by atoms with Gasteiger partial charge in [0.1, 0.15) is 0 Å². The molecule has 2 heterocycles. The van der Waals surface area contributed by atoms with E-state index in [1.165, 1.54) is 5.56 Å². The van der Waals surface area contributed by atoms with Crippen LogP contribution in [0.1, 0.15) is 16.7 Å². The summed E-state index contributed by atoms with van der Waals surface area (Å²) in [5.41, 5.74) is 12.8. The van der Waals surface area contributed by atoms with Gasteiger partial charge in [-0.15, -0.1) is 0 Å². The number of nitrogens with two attached hydrogens (primary N) is 1. The van der Waals surface area contributed by atoms with Gasteiger partial charge in [0.25, 0.3) is 0 Å². The van der Waals surface area contributed by atoms with Crippen LogP contribution in [0.3, 0.4) is 0 Å². The average molecular weight is 344 g/mol. The number of benzene rings is 2. The van der Waals surface area contributed by atoms with Crippen molar-refractivity contribution in [3.63, 3.8) is 0 Å². The van der Waals surface area contributed by atoms with Crippen LogP contribution in [0, 0.1) is 6.92 Å². The Labute approximate surface area is 152 Å². The van der Waals surface area contributed by atoms with Crippen LogP contribution in [0.25, 0.3) is 11.1 Å². The highest BCUT2D eigenvalue weighted by Crippen LogP contribution is 2.29. The molecule has 4 rings (SSSR count). The van der Waals surface area contributed by atoms with Crippen molar-refractivity contribution in [2.75, 3.05) is 11.1 Å². The number of nitrogen functional groups attached to an aromatic ring is 1. The van der Waals surface area contributed by atoms with Crippen LogP contribution in [-0.2, 0) is 13.1 Å². The Kier molecular flexibility index (Phi) is 4.05. The van der Waals surface area contributed by atoms with Crippen molar-refractivity contribution >= 4 is 17.4 Å². The first kappa shape index (κ1) is 16.1. The average Bonchev–Trinajstić information content (AvgIpc) is 3.09. The van der Waals surface area contributed by atoms with Gasteiger partial charge in [0, 0.05) is 25.5 Å². The fraction of sp³-hybridized carbons (Fsp3) is 0.143. The van der Waals surface area contributed by atoms with E-state index < -0.39 is 0 Å². The van der Waals surface area contributed by atoms with Crippen LogP contribution in [0.2, 0.25) is 0 Å². The molecule has 1 aliphatic heterocycles. The summed E-state index contributed by atoms with van der Waals surface area (Å²) in [6.45, 7) is 3.20. The third-order valence-electron chi connectivity index (χ3n) is 4.69. The fourth-order valence-corrected chi connectivity index (χ4v) is 3.15. The molecule has 1 aliphatic rings. The van der Waals surface area contributed by atoms with Gasteiger partial charge in [-0.3, -0.25) is 4.98 Å². The number of nitrogens with one attached hydrogen (secondary N) is 1. The minimum atomic E-state index is -0.158. The maximum atomic E-state index is 12.7. The molecule has 1 aromatic heterocycles. The Hall–Kier alpha value is -3.34. The normalized spacial score (nSPS) is 12.7. The molecule has 5 nitrogen and oxygen atoms in total. The molecule has 0 saturated heterocycles. The second kappa shape index (κ2) is 6.52. The van der Waals surface area contributed by atoms with Crippen LogP contribution < -0.4 is 11.1 Å². The molecular weight excluding hydrogens is 324 g/mol. The van der Waals surface area contributed by atoms with E-state index >= 15 is 0 Å². The maximum Gasteiger partial charge on any atom is 0.322 e. The van der Waals surface area contributed by atoms with Gasteiger partial charge in [-0.25, -0.2) is 4.79 Å². The van der Waals surface area contributed by atoms with Gasteiger partial charge in [-0.2, -0.15) is 0 Å². The van der Waals surface area contributed by atoms with Gasteiger partial charge in [-0.1, -0.05) is 35.9 Å². The third kappa shape index (κ3) is 3.11. The zero-order valence-electron chi connectivity index (χ0n) is 14.6. The van der Waals surface area contributed by atoms with Crippen LogP contribution >= 0.6 is 0 Å². The van der Waals surface area contributed by atoms with E-state index in [1.807, 2.05) is 30.5 Å². The summed E-state index contributed by atoms with van der Waals surface area (Å²) in [6.07, 6.45) is 3.57. The Balaban J connectivity index is 1.54. The number of aryl methyl sites for hydroxylation is 1. The summed E-state index contributed by atoms with van der Waals surface area (Å²) in [6, 6.07) is 15.8. The number of aromatic nitrogens is 1. The number of carbonyl (C=O) groups excluding carboxylic acids is 1. The Morgan fingerprint density at radius 2 is 1.77 bits per heavy atom. The standard InChI is InChI=1S/C21H20N4O/c1-14-2-4-15(5-3-14)16-6-7-19(22)20(10-16)24-21(26)25-12-17-8-9-23-11-18(17)13-25/h2-11H,12-13,22H2,1H3,(H,24,26). The Morgan fingerprint density at radius 1 is 1.04 bits per heavy atom. The number of pyridine rings is 1. The third-order valence-corrected chi connectivity index (χ3v) is 4.69. The van der Waals surface area contributed by atoms with Gasteiger partial charge in [-0.05, 0) is 47.4 Å². The van der Waals surface area contributed by atoms with Gasteiger partial charge < -0.3 is 16.0 Å². The van der Waals surface area contributed by atoms with Crippen LogP contribution in [0.5, 0.6) is 0 Å². The molecule has 0 saturated carbocycles. The van der Waals surface area contributed by atoms with Gasteiger partial charge in [0.05, 0.1) is 11.4 Å². The van der Waals surface area contributed by atoms with Gasteiger partial charge in [0.2, 0.25) is 0 Å². The first-order valence-electron chi connectivity index (χ1n) is 8.54. The Morgan fingerprint density at radius 3 is 2.54 bits per heavy atom. The largest absolute Gasteiger partial charge is 0.397 e. The van der Waals surface area contributed by atoms with E-state index in [0.717, 1.165) is 22.3 Å². The number of rotatable bonds is 2. The lowest BCUT2D eigenvalue weighted by molar-refractivity contribution is 0.212.